The van der Waals surface area contributed by atoms with Crippen LogP contribution in [0, 0.1) is 0 Å². The van der Waals surface area contributed by atoms with E-state index in [4.69, 9.17) is 0 Å². The molecular weight excluding hydrogens is 334 g/mol. The summed E-state index contributed by atoms with van der Waals surface area (Å²) < 4.78 is 0. The zero-order valence-corrected chi connectivity index (χ0v) is 15.5. The van der Waals surface area contributed by atoms with Crippen LogP contribution in [0.2, 0.25) is 0 Å². The summed E-state index contributed by atoms with van der Waals surface area (Å²) in [6, 6.07) is 19.4. The van der Waals surface area contributed by atoms with Crippen molar-refractivity contribution in [3.05, 3.63) is 82.9 Å². The summed E-state index contributed by atoms with van der Waals surface area (Å²) in [5.74, 6) is -0.373. The molecule has 4 rings (SSSR count). The van der Waals surface area contributed by atoms with Gasteiger partial charge in [0.2, 0.25) is 0 Å². The topological polar surface area (TPSA) is 37.4 Å². The Morgan fingerprint density at radius 2 is 1.30 bits per heavy atom. The molecule has 3 aromatic carbocycles. The van der Waals surface area contributed by atoms with Crippen molar-refractivity contribution >= 4 is 34.1 Å². The summed E-state index contributed by atoms with van der Waals surface area (Å²) in [5.41, 5.74) is 3.26. The van der Waals surface area contributed by atoms with Gasteiger partial charge in [-0.05, 0) is 60.5 Å². The van der Waals surface area contributed by atoms with Crippen LogP contribution in [0.15, 0.2) is 66.2 Å². The number of benzene rings is 3. The van der Waals surface area contributed by atoms with Crippen LogP contribution in [-0.2, 0) is 0 Å². The number of Topliss-reactive ketones (excluding diaryl/α,β-unsaturated/α-hetero) is 2. The fraction of sp³-hybridized carbons (Fsp3) is 0.167. The van der Waals surface area contributed by atoms with Gasteiger partial charge in [-0.3, -0.25) is 9.59 Å². The minimum atomic E-state index is -0.187. The predicted octanol–water partition coefficient (Wildman–Crippen LogP) is 5.15. The number of allylic oxidation sites excluding steroid dienone is 1. The number of carbonyl (C=O) groups excluding carboxylic acids is 2. The van der Waals surface area contributed by atoms with Gasteiger partial charge < -0.3 is 4.90 Å². The predicted molar refractivity (Wildman–Crippen MR) is 111 cm³/mol. The Balaban J connectivity index is 1.71. The molecule has 1 aliphatic carbocycles. The number of ketones is 2. The maximum absolute atomic E-state index is 12.8. The SMILES string of the molecule is CCN(CC)c1ccc(C=C2C(=O)c3cc4ccccc4cc3C2=O)cc1. The third-order valence-electron chi connectivity index (χ3n) is 5.20. The van der Waals surface area contributed by atoms with Gasteiger partial charge >= 0.3 is 0 Å². The smallest absolute Gasteiger partial charge is 0.197 e. The van der Waals surface area contributed by atoms with Gasteiger partial charge in [0.25, 0.3) is 0 Å². The molecule has 134 valence electrons. The summed E-state index contributed by atoms with van der Waals surface area (Å²) in [4.78, 5) is 27.9. The van der Waals surface area contributed by atoms with Crippen LogP contribution < -0.4 is 4.90 Å². The highest BCUT2D eigenvalue weighted by atomic mass is 16.2. The van der Waals surface area contributed by atoms with Crippen molar-refractivity contribution in [3.63, 3.8) is 0 Å². The van der Waals surface area contributed by atoms with E-state index in [9.17, 15) is 9.59 Å². The second-order valence-corrected chi connectivity index (χ2v) is 6.73. The van der Waals surface area contributed by atoms with Crippen LogP contribution in [0.1, 0.15) is 40.1 Å². The number of anilines is 1. The van der Waals surface area contributed by atoms with E-state index in [1.807, 2.05) is 60.7 Å². The van der Waals surface area contributed by atoms with E-state index < -0.39 is 0 Å². The number of rotatable bonds is 4. The molecule has 0 amide bonds. The molecule has 0 saturated heterocycles. The van der Waals surface area contributed by atoms with Crippen molar-refractivity contribution in [2.24, 2.45) is 0 Å². The molecule has 0 unspecified atom stereocenters. The molecule has 3 heteroatoms. The normalized spacial score (nSPS) is 13.2. The summed E-state index contributed by atoms with van der Waals surface area (Å²) in [7, 11) is 0. The standard InChI is InChI=1S/C24H21NO2/c1-3-25(4-2)19-11-9-16(10-12-19)13-22-23(26)20-14-17-7-5-6-8-18(17)15-21(20)24(22)27/h5-15H,3-4H2,1-2H3. The number of hydrogen-bond donors (Lipinski definition) is 0. The second kappa shape index (κ2) is 6.84. The first kappa shape index (κ1) is 17.2. The largest absolute Gasteiger partial charge is 0.372 e. The molecule has 27 heavy (non-hydrogen) atoms. The third-order valence-corrected chi connectivity index (χ3v) is 5.20. The van der Waals surface area contributed by atoms with Gasteiger partial charge in [-0.1, -0.05) is 36.4 Å². The first-order valence-electron chi connectivity index (χ1n) is 9.31. The highest BCUT2D eigenvalue weighted by Gasteiger charge is 2.33. The molecule has 0 bridgehead atoms. The van der Waals surface area contributed by atoms with Crippen LogP contribution in [0.3, 0.4) is 0 Å². The van der Waals surface area contributed by atoms with Crippen molar-refractivity contribution in [2.45, 2.75) is 13.8 Å². The maximum Gasteiger partial charge on any atom is 0.197 e. The Morgan fingerprint density at radius 1 is 0.778 bits per heavy atom. The summed E-state index contributed by atoms with van der Waals surface area (Å²) in [6.07, 6.45) is 1.71. The van der Waals surface area contributed by atoms with E-state index in [2.05, 4.69) is 18.7 Å². The molecule has 0 N–H and O–H groups in total. The maximum atomic E-state index is 12.8. The van der Waals surface area contributed by atoms with Gasteiger partial charge in [-0.25, -0.2) is 0 Å². The van der Waals surface area contributed by atoms with Crippen LogP contribution in [0.5, 0.6) is 0 Å². The Labute approximate surface area is 158 Å². The van der Waals surface area contributed by atoms with E-state index in [-0.39, 0.29) is 17.1 Å². The van der Waals surface area contributed by atoms with Gasteiger partial charge in [0.05, 0.1) is 5.57 Å². The van der Waals surface area contributed by atoms with Gasteiger partial charge in [0, 0.05) is 29.9 Å². The zero-order valence-electron chi connectivity index (χ0n) is 15.5. The van der Waals surface area contributed by atoms with Gasteiger partial charge in [-0.2, -0.15) is 0 Å². The molecular formula is C24H21NO2. The lowest BCUT2D eigenvalue weighted by Crippen LogP contribution is -2.21. The van der Waals surface area contributed by atoms with Crippen LogP contribution in [0.25, 0.3) is 16.8 Å². The number of nitrogens with zero attached hydrogens (tertiary/aromatic N) is 1. The number of hydrogen-bond acceptors (Lipinski definition) is 3. The highest BCUT2D eigenvalue weighted by Crippen LogP contribution is 2.31. The van der Waals surface area contributed by atoms with Gasteiger partial charge in [-0.15, -0.1) is 0 Å². The van der Waals surface area contributed by atoms with Crippen molar-refractivity contribution in [1.82, 2.24) is 0 Å². The molecule has 0 fully saturated rings. The Morgan fingerprint density at radius 3 is 1.78 bits per heavy atom. The van der Waals surface area contributed by atoms with Crippen LogP contribution >= 0.6 is 0 Å². The minimum Gasteiger partial charge on any atom is -0.372 e. The summed E-state index contributed by atoms with van der Waals surface area (Å²) in [6.45, 7) is 6.13. The van der Waals surface area contributed by atoms with E-state index in [1.165, 1.54) is 0 Å². The molecule has 3 nitrogen and oxygen atoms in total. The zero-order chi connectivity index (χ0) is 19.0. The highest BCUT2D eigenvalue weighted by molar-refractivity contribution is 6.42. The van der Waals surface area contributed by atoms with E-state index in [0.29, 0.717) is 11.1 Å². The molecule has 0 aromatic heterocycles. The molecule has 0 radical (unpaired) electrons. The summed E-state index contributed by atoms with van der Waals surface area (Å²) >= 11 is 0. The molecule has 1 aliphatic rings. The average Bonchev–Trinajstić information content (AvgIpc) is 2.93. The molecule has 0 atom stereocenters. The summed E-state index contributed by atoms with van der Waals surface area (Å²) in [5, 5.41) is 1.95. The van der Waals surface area contributed by atoms with E-state index in [0.717, 1.165) is 35.1 Å². The molecule has 0 saturated carbocycles. The molecule has 0 aliphatic heterocycles. The first-order chi connectivity index (χ1) is 13.1. The van der Waals surface area contributed by atoms with Crippen molar-refractivity contribution in [2.75, 3.05) is 18.0 Å². The van der Waals surface area contributed by atoms with Crippen molar-refractivity contribution in [3.8, 4) is 0 Å². The average molecular weight is 355 g/mol. The molecule has 3 aromatic rings. The van der Waals surface area contributed by atoms with Gasteiger partial charge in [0.15, 0.2) is 11.6 Å². The quantitative estimate of drug-likeness (QED) is 0.480. The van der Waals surface area contributed by atoms with Gasteiger partial charge in [0.1, 0.15) is 0 Å². The number of fused-ring (bicyclic) bond motifs is 2. The fourth-order valence-electron chi connectivity index (χ4n) is 3.68. The first-order valence-corrected chi connectivity index (χ1v) is 9.31. The lowest BCUT2D eigenvalue weighted by Gasteiger charge is -2.20. The van der Waals surface area contributed by atoms with Crippen molar-refractivity contribution < 1.29 is 9.59 Å². The molecule has 0 heterocycles. The monoisotopic (exact) mass is 355 g/mol. The Kier molecular flexibility index (Phi) is 4.36. The molecule has 0 spiro atoms. The Hall–Kier alpha value is -3.20. The van der Waals surface area contributed by atoms with E-state index >= 15 is 0 Å². The van der Waals surface area contributed by atoms with Crippen LogP contribution in [0.4, 0.5) is 5.69 Å². The van der Waals surface area contributed by atoms with Crippen molar-refractivity contribution in [1.29, 1.82) is 0 Å². The van der Waals surface area contributed by atoms with Crippen LogP contribution in [-0.4, -0.2) is 24.7 Å². The Bertz CT molecular complexity index is 1020. The lowest BCUT2D eigenvalue weighted by molar-refractivity contribution is 0.0990. The lowest BCUT2D eigenvalue weighted by atomic mass is 10.0. The third kappa shape index (κ3) is 2.95. The minimum absolute atomic E-state index is 0.187. The number of carbonyl (C=O) groups is 2. The second-order valence-electron chi connectivity index (χ2n) is 6.73. The fourth-order valence-corrected chi connectivity index (χ4v) is 3.68. The van der Waals surface area contributed by atoms with E-state index in [1.54, 1.807) is 6.08 Å².